The molecule has 2 unspecified atom stereocenters. The Morgan fingerprint density at radius 1 is 1.36 bits per heavy atom. The lowest BCUT2D eigenvalue weighted by atomic mass is 10.0. The lowest BCUT2D eigenvalue weighted by Gasteiger charge is -2.23. The van der Waals surface area contributed by atoms with Crippen molar-refractivity contribution >= 4 is 6.09 Å². The Kier molecular flexibility index (Phi) is 8.16. The smallest absolute Gasteiger partial charge is 0.407 e. The first-order valence-electron chi connectivity index (χ1n) is 8.70. The van der Waals surface area contributed by atoms with E-state index in [2.05, 4.69) is 5.32 Å². The van der Waals surface area contributed by atoms with Crippen molar-refractivity contribution in [1.29, 1.82) is 0 Å². The first-order valence-corrected chi connectivity index (χ1v) is 8.70. The molecule has 0 saturated carbocycles. The van der Waals surface area contributed by atoms with Crippen molar-refractivity contribution in [2.45, 2.75) is 71.6 Å². The van der Waals surface area contributed by atoms with Gasteiger partial charge in [-0.3, -0.25) is 0 Å². The zero-order valence-electron chi connectivity index (χ0n) is 15.8. The van der Waals surface area contributed by atoms with Gasteiger partial charge in [0.25, 0.3) is 0 Å². The summed E-state index contributed by atoms with van der Waals surface area (Å²) in [6, 6.07) is 4.33. The second-order valence-electron chi connectivity index (χ2n) is 7.15. The van der Waals surface area contributed by atoms with Gasteiger partial charge in [-0.2, -0.15) is 0 Å². The van der Waals surface area contributed by atoms with E-state index in [9.17, 15) is 9.18 Å². The van der Waals surface area contributed by atoms with Crippen LogP contribution >= 0.6 is 0 Å². The average Bonchev–Trinajstić information content (AvgIpc) is 2.50. The summed E-state index contributed by atoms with van der Waals surface area (Å²) in [4.78, 5) is 11.9. The number of nitrogens with one attached hydrogen (secondary N) is 1. The molecule has 142 valence electrons. The van der Waals surface area contributed by atoms with Gasteiger partial charge in [-0.05, 0) is 58.6 Å². The molecule has 1 aromatic carbocycles. The molecule has 6 heteroatoms. The second kappa shape index (κ2) is 9.61. The molecule has 0 saturated heterocycles. The van der Waals surface area contributed by atoms with E-state index in [1.165, 1.54) is 12.1 Å². The van der Waals surface area contributed by atoms with Crippen LogP contribution in [-0.4, -0.2) is 35.6 Å². The van der Waals surface area contributed by atoms with Gasteiger partial charge in [0, 0.05) is 12.1 Å². The summed E-state index contributed by atoms with van der Waals surface area (Å²) in [5, 5.41) is 12.0. The number of alkyl carbamates (subject to hydrolysis) is 1. The van der Waals surface area contributed by atoms with E-state index in [-0.39, 0.29) is 18.5 Å². The zero-order chi connectivity index (χ0) is 19.0. The summed E-state index contributed by atoms with van der Waals surface area (Å²) in [5.74, 6) is 0.0384. The number of carbonyl (C=O) groups excluding carboxylic acids is 1. The average molecular weight is 355 g/mol. The number of hydrogen-bond acceptors (Lipinski definition) is 4. The van der Waals surface area contributed by atoms with Crippen molar-refractivity contribution in [1.82, 2.24) is 5.32 Å². The van der Waals surface area contributed by atoms with E-state index in [0.717, 1.165) is 12.0 Å². The fourth-order valence-electron chi connectivity index (χ4n) is 2.28. The molecule has 2 N–H and O–H groups in total. The molecule has 2 atom stereocenters. The monoisotopic (exact) mass is 355 g/mol. The lowest BCUT2D eigenvalue weighted by molar-refractivity contribution is 0.0500. The third kappa shape index (κ3) is 8.20. The Balaban J connectivity index is 2.69. The third-order valence-electron chi connectivity index (χ3n) is 3.59. The molecule has 1 amide bonds. The van der Waals surface area contributed by atoms with Crippen LogP contribution in [0, 0.1) is 5.82 Å². The number of rotatable bonds is 8. The fourth-order valence-corrected chi connectivity index (χ4v) is 2.28. The first kappa shape index (κ1) is 21.2. The summed E-state index contributed by atoms with van der Waals surface area (Å²) in [6.45, 7) is 9.01. The SMILES string of the molecule is CCC(CCc1ccc(F)cc1OC(C)CO)NC(=O)OC(C)(C)C. The predicted octanol–water partition coefficient (Wildman–Crippen LogP) is 3.82. The number of hydrogen-bond donors (Lipinski definition) is 2. The molecular weight excluding hydrogens is 325 g/mol. The topological polar surface area (TPSA) is 67.8 Å². The second-order valence-corrected chi connectivity index (χ2v) is 7.15. The summed E-state index contributed by atoms with van der Waals surface area (Å²) >= 11 is 0. The van der Waals surface area contributed by atoms with Crippen LogP contribution in [0.3, 0.4) is 0 Å². The van der Waals surface area contributed by atoms with Crippen molar-refractivity contribution in [2.24, 2.45) is 0 Å². The maximum atomic E-state index is 13.5. The quantitative estimate of drug-likeness (QED) is 0.744. The van der Waals surface area contributed by atoms with Crippen molar-refractivity contribution in [3.63, 3.8) is 0 Å². The van der Waals surface area contributed by atoms with E-state index >= 15 is 0 Å². The molecule has 0 radical (unpaired) electrons. The molecule has 0 aromatic heterocycles. The molecule has 0 aliphatic heterocycles. The number of amides is 1. The summed E-state index contributed by atoms with van der Waals surface area (Å²) < 4.78 is 24.3. The van der Waals surface area contributed by atoms with Crippen molar-refractivity contribution in [3.8, 4) is 5.75 Å². The van der Waals surface area contributed by atoms with Gasteiger partial charge in [0.15, 0.2) is 0 Å². The molecular formula is C19H30FNO4. The highest BCUT2D eigenvalue weighted by molar-refractivity contribution is 5.68. The predicted molar refractivity (Wildman–Crippen MR) is 95.3 cm³/mol. The maximum absolute atomic E-state index is 13.5. The lowest BCUT2D eigenvalue weighted by Crippen LogP contribution is -2.39. The number of halogens is 1. The van der Waals surface area contributed by atoms with Gasteiger partial charge in [0.05, 0.1) is 6.61 Å². The minimum absolute atomic E-state index is 0.0528. The Labute approximate surface area is 149 Å². The highest BCUT2D eigenvalue weighted by atomic mass is 19.1. The van der Waals surface area contributed by atoms with Crippen LogP contribution in [0.25, 0.3) is 0 Å². The van der Waals surface area contributed by atoms with E-state index in [0.29, 0.717) is 18.6 Å². The van der Waals surface area contributed by atoms with Crippen LogP contribution in [0.1, 0.15) is 53.0 Å². The summed E-state index contributed by atoms with van der Waals surface area (Å²) in [7, 11) is 0. The standard InChI is InChI=1S/C19H30FNO4/c1-6-16(21-18(23)25-19(3,4)5)10-8-14-7-9-15(20)11-17(14)24-13(2)12-22/h7,9,11,13,16,22H,6,8,10,12H2,1-5H3,(H,21,23). The van der Waals surface area contributed by atoms with Crippen LogP contribution in [0.2, 0.25) is 0 Å². The van der Waals surface area contributed by atoms with Gasteiger partial charge in [-0.25, -0.2) is 9.18 Å². The van der Waals surface area contributed by atoms with Crippen molar-refractivity contribution in [3.05, 3.63) is 29.6 Å². The van der Waals surface area contributed by atoms with E-state index in [1.807, 2.05) is 27.7 Å². The highest BCUT2D eigenvalue weighted by Crippen LogP contribution is 2.23. The number of aryl methyl sites for hydroxylation is 1. The van der Waals surface area contributed by atoms with Crippen LogP contribution in [0.15, 0.2) is 18.2 Å². The van der Waals surface area contributed by atoms with Crippen LogP contribution in [0.5, 0.6) is 5.75 Å². The van der Waals surface area contributed by atoms with Gasteiger partial charge in [-0.15, -0.1) is 0 Å². The Bertz CT molecular complexity index is 557. The molecule has 25 heavy (non-hydrogen) atoms. The number of benzene rings is 1. The van der Waals surface area contributed by atoms with Crippen molar-refractivity contribution in [2.75, 3.05) is 6.61 Å². The molecule has 0 bridgehead atoms. The Hall–Kier alpha value is -1.82. The normalized spacial score (nSPS) is 13.9. The largest absolute Gasteiger partial charge is 0.488 e. The van der Waals surface area contributed by atoms with Gasteiger partial charge in [0.2, 0.25) is 0 Å². The van der Waals surface area contributed by atoms with Crippen LogP contribution in [0.4, 0.5) is 9.18 Å². The minimum atomic E-state index is -0.541. The first-order chi connectivity index (χ1) is 11.6. The molecule has 1 rings (SSSR count). The van der Waals surface area contributed by atoms with E-state index < -0.39 is 17.8 Å². The van der Waals surface area contributed by atoms with Crippen LogP contribution < -0.4 is 10.1 Å². The molecule has 0 aliphatic carbocycles. The van der Waals surface area contributed by atoms with Gasteiger partial charge < -0.3 is 19.9 Å². The molecule has 1 aromatic rings. The highest BCUT2D eigenvalue weighted by Gasteiger charge is 2.19. The summed E-state index contributed by atoms with van der Waals surface area (Å²) in [6.07, 6.45) is 1.18. The van der Waals surface area contributed by atoms with E-state index in [4.69, 9.17) is 14.6 Å². The molecule has 0 fully saturated rings. The summed E-state index contributed by atoms with van der Waals surface area (Å²) in [5.41, 5.74) is 0.298. The third-order valence-corrected chi connectivity index (χ3v) is 3.59. The molecule has 5 nitrogen and oxygen atoms in total. The Morgan fingerprint density at radius 2 is 2.04 bits per heavy atom. The maximum Gasteiger partial charge on any atom is 0.407 e. The van der Waals surface area contributed by atoms with E-state index in [1.54, 1.807) is 13.0 Å². The molecule has 0 heterocycles. The number of aliphatic hydroxyl groups is 1. The van der Waals surface area contributed by atoms with Crippen molar-refractivity contribution < 1.29 is 23.8 Å². The van der Waals surface area contributed by atoms with Gasteiger partial charge >= 0.3 is 6.09 Å². The molecule has 0 aliphatic rings. The number of aliphatic hydroxyl groups excluding tert-OH is 1. The number of ether oxygens (including phenoxy) is 2. The fraction of sp³-hybridized carbons (Fsp3) is 0.632. The zero-order valence-corrected chi connectivity index (χ0v) is 15.8. The van der Waals surface area contributed by atoms with Gasteiger partial charge in [0.1, 0.15) is 23.3 Å². The Morgan fingerprint density at radius 3 is 2.60 bits per heavy atom. The number of carbonyl (C=O) groups is 1. The van der Waals surface area contributed by atoms with Crippen LogP contribution in [-0.2, 0) is 11.2 Å². The van der Waals surface area contributed by atoms with Gasteiger partial charge in [-0.1, -0.05) is 13.0 Å². The molecule has 0 spiro atoms. The minimum Gasteiger partial charge on any atom is -0.488 e.